The van der Waals surface area contributed by atoms with Crippen molar-refractivity contribution in [3.63, 3.8) is 0 Å². The highest BCUT2D eigenvalue weighted by Crippen LogP contribution is 2.30. The maximum absolute atomic E-state index is 14.1. The normalized spacial score (nSPS) is 11.7. The highest BCUT2D eigenvalue weighted by atomic mass is 19.1. The Balaban J connectivity index is 2.03. The quantitative estimate of drug-likeness (QED) is 0.599. The summed E-state index contributed by atoms with van der Waals surface area (Å²) < 4.78 is 33.5. The van der Waals surface area contributed by atoms with Crippen LogP contribution < -0.4 is 0 Å². The summed E-state index contributed by atoms with van der Waals surface area (Å²) in [6, 6.07) is 13.2. The average molecular weight is 341 g/mol. The zero-order valence-electron chi connectivity index (χ0n) is 14.6. The number of oxazole rings is 1. The molecule has 0 N–H and O–H groups in total. The van der Waals surface area contributed by atoms with E-state index in [1.54, 1.807) is 0 Å². The Kier molecular flexibility index (Phi) is 4.71. The van der Waals surface area contributed by atoms with Crippen molar-refractivity contribution in [2.24, 2.45) is 5.41 Å². The first-order valence-corrected chi connectivity index (χ1v) is 8.30. The van der Waals surface area contributed by atoms with Crippen molar-refractivity contribution >= 4 is 0 Å². The monoisotopic (exact) mass is 341 g/mol. The first kappa shape index (κ1) is 17.3. The van der Waals surface area contributed by atoms with Gasteiger partial charge in [-0.2, -0.15) is 0 Å². The smallest absolute Gasteiger partial charge is 0.229 e. The fourth-order valence-corrected chi connectivity index (χ4v) is 2.72. The van der Waals surface area contributed by atoms with Gasteiger partial charge in [0.1, 0.15) is 17.4 Å². The molecule has 2 nitrogen and oxygen atoms in total. The lowest BCUT2D eigenvalue weighted by Crippen LogP contribution is -2.11. The van der Waals surface area contributed by atoms with E-state index in [-0.39, 0.29) is 16.9 Å². The fraction of sp³-hybridized carbons (Fsp3) is 0.286. The number of benzene rings is 2. The van der Waals surface area contributed by atoms with E-state index in [1.807, 2.05) is 30.3 Å². The third-order valence-corrected chi connectivity index (χ3v) is 3.84. The van der Waals surface area contributed by atoms with Gasteiger partial charge in [-0.25, -0.2) is 13.8 Å². The molecule has 3 aromatic rings. The summed E-state index contributed by atoms with van der Waals surface area (Å²) in [6.07, 6.45) is 1.26. The number of aromatic nitrogens is 1. The lowest BCUT2D eigenvalue weighted by molar-refractivity contribution is 0.402. The summed E-state index contributed by atoms with van der Waals surface area (Å²) in [5.41, 5.74) is 1.92. The molecule has 0 saturated heterocycles. The summed E-state index contributed by atoms with van der Waals surface area (Å²) >= 11 is 0. The second-order valence-corrected chi connectivity index (χ2v) is 7.41. The van der Waals surface area contributed by atoms with Gasteiger partial charge in [-0.1, -0.05) is 51.1 Å². The molecular weight excluding hydrogens is 320 g/mol. The van der Waals surface area contributed by atoms with Gasteiger partial charge in [0.25, 0.3) is 0 Å². The molecule has 0 bridgehead atoms. The molecule has 1 heterocycles. The van der Waals surface area contributed by atoms with Gasteiger partial charge in [0, 0.05) is 6.42 Å². The van der Waals surface area contributed by atoms with Crippen LogP contribution in [0.4, 0.5) is 8.78 Å². The molecule has 4 heteroatoms. The lowest BCUT2D eigenvalue weighted by Gasteiger charge is -2.16. The molecule has 0 amide bonds. The van der Waals surface area contributed by atoms with Crippen LogP contribution in [0, 0.1) is 17.0 Å². The van der Waals surface area contributed by atoms with E-state index in [2.05, 4.69) is 25.8 Å². The standard InChI is InChI=1S/C21H21F2NO/c1-21(2,3)13-18-19(11-14-7-5-4-6-8-14)25-20(24-18)16-12-15(22)9-10-17(16)23/h4-10,12H,11,13H2,1-3H3. The van der Waals surface area contributed by atoms with Gasteiger partial charge in [-0.15, -0.1) is 0 Å². The SMILES string of the molecule is CC(C)(C)Cc1nc(-c2cc(F)ccc2F)oc1Cc1ccccc1. The highest BCUT2D eigenvalue weighted by molar-refractivity contribution is 5.55. The zero-order valence-corrected chi connectivity index (χ0v) is 14.6. The minimum atomic E-state index is -0.545. The molecule has 0 aliphatic heterocycles. The Labute approximate surface area is 146 Å². The fourth-order valence-electron chi connectivity index (χ4n) is 2.72. The van der Waals surface area contributed by atoms with Crippen molar-refractivity contribution in [3.8, 4) is 11.5 Å². The first-order valence-electron chi connectivity index (χ1n) is 8.30. The van der Waals surface area contributed by atoms with Gasteiger partial charge in [0.05, 0.1) is 11.3 Å². The van der Waals surface area contributed by atoms with Crippen molar-refractivity contribution < 1.29 is 13.2 Å². The van der Waals surface area contributed by atoms with Gasteiger partial charge >= 0.3 is 0 Å². The zero-order chi connectivity index (χ0) is 18.0. The minimum Gasteiger partial charge on any atom is -0.440 e. The second-order valence-electron chi connectivity index (χ2n) is 7.41. The molecule has 1 aromatic heterocycles. The van der Waals surface area contributed by atoms with Crippen LogP contribution >= 0.6 is 0 Å². The number of halogens is 2. The lowest BCUT2D eigenvalue weighted by atomic mass is 9.89. The van der Waals surface area contributed by atoms with Gasteiger partial charge in [-0.3, -0.25) is 0 Å². The van der Waals surface area contributed by atoms with Gasteiger partial charge in [0.2, 0.25) is 5.89 Å². The predicted octanol–water partition coefficient (Wildman–Crippen LogP) is 5.80. The first-order chi connectivity index (χ1) is 11.8. The average Bonchev–Trinajstić information content (AvgIpc) is 2.91. The van der Waals surface area contributed by atoms with Crippen LogP contribution in [-0.4, -0.2) is 4.98 Å². The van der Waals surface area contributed by atoms with Crippen LogP contribution in [0.5, 0.6) is 0 Å². The molecule has 2 aromatic carbocycles. The van der Waals surface area contributed by atoms with Gasteiger partial charge in [-0.05, 0) is 35.6 Å². The van der Waals surface area contributed by atoms with Crippen LogP contribution in [0.1, 0.15) is 37.8 Å². The van der Waals surface area contributed by atoms with Crippen molar-refractivity contribution in [1.29, 1.82) is 0 Å². The number of nitrogens with zero attached hydrogens (tertiary/aromatic N) is 1. The van der Waals surface area contributed by atoms with Crippen LogP contribution in [-0.2, 0) is 12.8 Å². The predicted molar refractivity (Wildman–Crippen MR) is 94.3 cm³/mol. The van der Waals surface area contributed by atoms with Crippen molar-refractivity contribution in [3.05, 3.63) is 77.2 Å². The van der Waals surface area contributed by atoms with E-state index in [9.17, 15) is 8.78 Å². The van der Waals surface area contributed by atoms with Gasteiger partial charge < -0.3 is 4.42 Å². The molecule has 25 heavy (non-hydrogen) atoms. The molecule has 0 unspecified atom stereocenters. The molecule has 0 atom stereocenters. The number of hydrogen-bond donors (Lipinski definition) is 0. The molecule has 130 valence electrons. The van der Waals surface area contributed by atoms with E-state index in [4.69, 9.17) is 4.42 Å². The number of hydrogen-bond acceptors (Lipinski definition) is 2. The van der Waals surface area contributed by atoms with Crippen LogP contribution in [0.3, 0.4) is 0 Å². The summed E-state index contributed by atoms with van der Waals surface area (Å²) in [7, 11) is 0. The van der Waals surface area contributed by atoms with Crippen LogP contribution in [0.25, 0.3) is 11.5 Å². The molecule has 0 fully saturated rings. The van der Waals surface area contributed by atoms with E-state index < -0.39 is 11.6 Å². The second kappa shape index (κ2) is 6.79. The maximum atomic E-state index is 14.1. The Hall–Kier alpha value is -2.49. The van der Waals surface area contributed by atoms with E-state index in [0.29, 0.717) is 18.6 Å². The van der Waals surface area contributed by atoms with Crippen molar-refractivity contribution in [1.82, 2.24) is 4.98 Å². The molecule has 0 spiro atoms. The summed E-state index contributed by atoms with van der Waals surface area (Å²) in [6.45, 7) is 6.32. The van der Waals surface area contributed by atoms with Crippen LogP contribution in [0.15, 0.2) is 52.9 Å². The molecule has 0 saturated carbocycles. The summed E-state index contributed by atoms with van der Waals surface area (Å²) in [5, 5.41) is 0. The molecule has 0 aliphatic rings. The Morgan fingerprint density at radius 2 is 1.72 bits per heavy atom. The molecule has 3 rings (SSSR count). The molecule has 0 aliphatic carbocycles. The van der Waals surface area contributed by atoms with Crippen molar-refractivity contribution in [2.45, 2.75) is 33.6 Å². The minimum absolute atomic E-state index is 0.0000632. The number of rotatable bonds is 4. The maximum Gasteiger partial charge on any atom is 0.229 e. The van der Waals surface area contributed by atoms with Crippen LogP contribution in [0.2, 0.25) is 0 Å². The topological polar surface area (TPSA) is 26.0 Å². The molecular formula is C21H21F2NO. The summed E-state index contributed by atoms with van der Waals surface area (Å²) in [4.78, 5) is 4.49. The third kappa shape index (κ3) is 4.32. The van der Waals surface area contributed by atoms with E-state index in [1.165, 1.54) is 0 Å². The van der Waals surface area contributed by atoms with E-state index in [0.717, 1.165) is 29.5 Å². The Bertz CT molecular complexity index is 863. The van der Waals surface area contributed by atoms with Gasteiger partial charge in [0.15, 0.2) is 0 Å². The Morgan fingerprint density at radius 3 is 2.40 bits per heavy atom. The van der Waals surface area contributed by atoms with E-state index >= 15 is 0 Å². The molecule has 0 radical (unpaired) electrons. The third-order valence-electron chi connectivity index (χ3n) is 3.84. The Morgan fingerprint density at radius 1 is 1.00 bits per heavy atom. The highest BCUT2D eigenvalue weighted by Gasteiger charge is 2.22. The largest absolute Gasteiger partial charge is 0.440 e. The summed E-state index contributed by atoms with van der Waals surface area (Å²) in [5.74, 6) is -0.241. The van der Waals surface area contributed by atoms with Crippen molar-refractivity contribution in [2.75, 3.05) is 0 Å².